The first-order chi connectivity index (χ1) is 13.0. The second-order valence-electron chi connectivity index (χ2n) is 6.04. The molecule has 0 radical (unpaired) electrons. The number of hydrogen-bond acceptors (Lipinski definition) is 7. The first-order valence-corrected chi connectivity index (χ1v) is 10.2. The molecule has 1 N–H and O–H groups in total. The summed E-state index contributed by atoms with van der Waals surface area (Å²) in [4.78, 5) is 0.147. The van der Waals surface area contributed by atoms with E-state index in [1.54, 1.807) is 0 Å². The Hall–Kier alpha value is -2.71. The molecule has 0 amide bonds. The van der Waals surface area contributed by atoms with Crippen LogP contribution in [0.2, 0.25) is 5.02 Å². The van der Waals surface area contributed by atoms with E-state index in [4.69, 9.17) is 16.0 Å². The quantitative estimate of drug-likeness (QED) is 0.704. The zero-order valence-corrected chi connectivity index (χ0v) is 15.6. The highest BCUT2D eigenvalue weighted by Gasteiger charge is 2.29. The van der Waals surface area contributed by atoms with Crippen LogP contribution in [-0.4, -0.2) is 30.9 Å². The van der Waals surface area contributed by atoms with Crippen molar-refractivity contribution < 1.29 is 12.8 Å². The molecule has 1 unspecified atom stereocenters. The second kappa shape index (κ2) is 7.13. The molecule has 0 saturated carbocycles. The highest BCUT2D eigenvalue weighted by Crippen LogP contribution is 2.25. The zero-order valence-electron chi connectivity index (χ0n) is 14.0. The van der Waals surface area contributed by atoms with E-state index in [0.717, 1.165) is 5.56 Å². The monoisotopic (exact) mass is 402 g/mol. The van der Waals surface area contributed by atoms with Crippen molar-refractivity contribution >= 4 is 27.1 Å². The van der Waals surface area contributed by atoms with Gasteiger partial charge in [0.15, 0.2) is 9.84 Å². The largest absolute Gasteiger partial charge is 0.418 e. The van der Waals surface area contributed by atoms with Gasteiger partial charge in [-0.2, -0.15) is 5.10 Å². The van der Waals surface area contributed by atoms with Crippen molar-refractivity contribution in [3.8, 4) is 0 Å². The Morgan fingerprint density at radius 3 is 2.56 bits per heavy atom. The number of halogens is 1. The lowest BCUT2D eigenvalue weighted by Gasteiger charge is -2.09. The number of hydrogen-bond donors (Lipinski definition) is 1. The zero-order chi connectivity index (χ0) is 18.9. The van der Waals surface area contributed by atoms with Gasteiger partial charge in [-0.05, 0) is 29.8 Å². The van der Waals surface area contributed by atoms with E-state index in [2.05, 4.69) is 20.7 Å². The minimum atomic E-state index is -3.62. The number of sulfone groups is 1. The van der Waals surface area contributed by atoms with E-state index in [1.807, 2.05) is 30.3 Å². The van der Waals surface area contributed by atoms with Crippen LogP contribution in [0.1, 0.15) is 23.3 Å². The van der Waals surface area contributed by atoms with Crippen molar-refractivity contribution in [2.24, 2.45) is 5.10 Å². The van der Waals surface area contributed by atoms with Gasteiger partial charge >= 0.3 is 0 Å². The minimum absolute atomic E-state index is 0.0151. The van der Waals surface area contributed by atoms with E-state index in [-0.39, 0.29) is 22.6 Å². The SMILES string of the molecule is O=S(=O)(Cc1nnc(C2=NNCC2c2ccccc2)o1)c1ccc(Cl)cc1. The van der Waals surface area contributed by atoms with Crippen LogP contribution in [0.25, 0.3) is 0 Å². The Kier molecular flexibility index (Phi) is 4.67. The molecule has 9 heteroatoms. The fourth-order valence-corrected chi connectivity index (χ4v) is 4.14. The number of benzene rings is 2. The second-order valence-corrected chi connectivity index (χ2v) is 8.46. The van der Waals surface area contributed by atoms with Crippen LogP contribution in [0, 0.1) is 0 Å². The maximum absolute atomic E-state index is 12.5. The first-order valence-electron chi connectivity index (χ1n) is 8.19. The maximum Gasteiger partial charge on any atom is 0.264 e. The summed E-state index contributed by atoms with van der Waals surface area (Å²) < 4.78 is 30.6. The molecule has 4 rings (SSSR count). The van der Waals surface area contributed by atoms with Crippen molar-refractivity contribution in [2.75, 3.05) is 6.54 Å². The molecule has 2 aromatic carbocycles. The molecule has 1 aliphatic rings. The molecule has 0 spiro atoms. The van der Waals surface area contributed by atoms with Gasteiger partial charge in [0.05, 0.1) is 10.8 Å². The Bertz CT molecular complexity index is 1080. The van der Waals surface area contributed by atoms with Crippen molar-refractivity contribution in [1.82, 2.24) is 15.6 Å². The molecule has 0 fully saturated rings. The van der Waals surface area contributed by atoms with Gasteiger partial charge in [0.1, 0.15) is 11.5 Å². The number of rotatable bonds is 5. The fourth-order valence-electron chi connectivity index (χ4n) is 2.86. The molecule has 1 aliphatic heterocycles. The van der Waals surface area contributed by atoms with Crippen molar-refractivity contribution in [1.29, 1.82) is 0 Å². The number of nitrogens with zero attached hydrogens (tertiary/aromatic N) is 3. The summed E-state index contributed by atoms with van der Waals surface area (Å²) >= 11 is 5.81. The van der Waals surface area contributed by atoms with Crippen LogP contribution in [0.4, 0.5) is 0 Å². The van der Waals surface area contributed by atoms with Crippen LogP contribution in [0.15, 0.2) is 69.0 Å². The van der Waals surface area contributed by atoms with Gasteiger partial charge in [0, 0.05) is 11.6 Å². The fraction of sp³-hybridized carbons (Fsp3) is 0.167. The lowest BCUT2D eigenvalue weighted by atomic mass is 9.95. The standard InChI is InChI=1S/C18H15ClN4O3S/c19-13-6-8-14(9-7-13)27(24,25)11-16-21-23-18(26-16)17-15(10-20-22-17)12-4-2-1-3-5-12/h1-9,15,20H,10-11H2. The third kappa shape index (κ3) is 3.72. The third-order valence-corrected chi connectivity index (χ3v) is 6.07. The predicted molar refractivity (Wildman–Crippen MR) is 100 cm³/mol. The third-order valence-electron chi connectivity index (χ3n) is 4.20. The maximum atomic E-state index is 12.5. The lowest BCUT2D eigenvalue weighted by Crippen LogP contribution is -2.14. The van der Waals surface area contributed by atoms with Gasteiger partial charge in [0.2, 0.25) is 5.89 Å². The summed E-state index contributed by atoms with van der Waals surface area (Å²) in [6.07, 6.45) is 0. The minimum Gasteiger partial charge on any atom is -0.418 e. The Balaban J connectivity index is 1.56. The van der Waals surface area contributed by atoms with Crippen LogP contribution in [0.5, 0.6) is 0 Å². The van der Waals surface area contributed by atoms with E-state index in [9.17, 15) is 8.42 Å². The highest BCUT2D eigenvalue weighted by atomic mass is 35.5. The van der Waals surface area contributed by atoms with Crippen LogP contribution in [0.3, 0.4) is 0 Å². The average molecular weight is 403 g/mol. The Morgan fingerprint density at radius 1 is 1.07 bits per heavy atom. The molecular formula is C18H15ClN4O3S. The van der Waals surface area contributed by atoms with E-state index >= 15 is 0 Å². The van der Waals surface area contributed by atoms with Gasteiger partial charge in [-0.15, -0.1) is 10.2 Å². The van der Waals surface area contributed by atoms with Gasteiger partial charge in [-0.3, -0.25) is 0 Å². The summed E-state index contributed by atoms with van der Waals surface area (Å²) in [6.45, 7) is 0.611. The van der Waals surface area contributed by atoms with Gasteiger partial charge in [0.25, 0.3) is 5.89 Å². The molecule has 0 aliphatic carbocycles. The number of hydrazone groups is 1. The molecule has 7 nitrogen and oxygen atoms in total. The number of aromatic nitrogens is 2. The van der Waals surface area contributed by atoms with Gasteiger partial charge < -0.3 is 9.84 Å². The summed E-state index contributed by atoms with van der Waals surface area (Å²) in [6, 6.07) is 15.8. The predicted octanol–water partition coefficient (Wildman–Crippen LogP) is 2.79. The smallest absolute Gasteiger partial charge is 0.264 e. The van der Waals surface area contributed by atoms with E-state index < -0.39 is 15.6 Å². The van der Waals surface area contributed by atoms with Crippen molar-refractivity contribution in [2.45, 2.75) is 16.6 Å². The molecular weight excluding hydrogens is 388 g/mol. The molecule has 1 atom stereocenters. The summed E-state index contributed by atoms with van der Waals surface area (Å²) in [5, 5.41) is 12.6. The molecule has 138 valence electrons. The normalized spacial score (nSPS) is 16.8. The van der Waals surface area contributed by atoms with Crippen LogP contribution < -0.4 is 5.43 Å². The summed E-state index contributed by atoms with van der Waals surface area (Å²) in [7, 11) is -3.62. The Morgan fingerprint density at radius 2 is 1.81 bits per heavy atom. The molecule has 0 bridgehead atoms. The van der Waals surface area contributed by atoms with Crippen molar-refractivity contribution in [3.05, 3.63) is 77.0 Å². The van der Waals surface area contributed by atoms with Gasteiger partial charge in [-0.25, -0.2) is 8.42 Å². The summed E-state index contributed by atoms with van der Waals surface area (Å²) in [5.74, 6) is -0.192. The van der Waals surface area contributed by atoms with Gasteiger partial charge in [-0.1, -0.05) is 41.9 Å². The molecule has 27 heavy (non-hydrogen) atoms. The van der Waals surface area contributed by atoms with E-state index in [0.29, 0.717) is 17.3 Å². The summed E-state index contributed by atoms with van der Waals surface area (Å²) in [5.41, 5.74) is 4.60. The molecule has 3 aromatic rings. The number of nitrogens with one attached hydrogen (secondary N) is 1. The molecule has 2 heterocycles. The van der Waals surface area contributed by atoms with Crippen molar-refractivity contribution in [3.63, 3.8) is 0 Å². The highest BCUT2D eigenvalue weighted by molar-refractivity contribution is 7.90. The Labute approximate surface area is 161 Å². The van der Waals surface area contributed by atoms with Crippen LogP contribution >= 0.6 is 11.6 Å². The topological polar surface area (TPSA) is 97.5 Å². The average Bonchev–Trinajstić information content (AvgIpc) is 3.31. The molecule has 0 saturated heterocycles. The van der Waals surface area contributed by atoms with E-state index in [1.165, 1.54) is 24.3 Å². The molecule has 1 aromatic heterocycles. The van der Waals surface area contributed by atoms with Crippen LogP contribution in [-0.2, 0) is 15.6 Å². The lowest BCUT2D eigenvalue weighted by molar-refractivity contribution is 0.497. The first kappa shape index (κ1) is 17.7.